The Labute approximate surface area is 179 Å². The van der Waals surface area contributed by atoms with E-state index in [0.29, 0.717) is 51.8 Å². The highest BCUT2D eigenvalue weighted by atomic mass is 19.1. The summed E-state index contributed by atoms with van der Waals surface area (Å²) in [7, 11) is 0. The second kappa shape index (κ2) is 9.34. The molecule has 164 valence electrons. The van der Waals surface area contributed by atoms with Gasteiger partial charge in [0.1, 0.15) is 0 Å². The summed E-state index contributed by atoms with van der Waals surface area (Å²) < 4.78 is 18.8. The van der Waals surface area contributed by atoms with Gasteiger partial charge in [0.25, 0.3) is 5.91 Å². The Kier molecular flexibility index (Phi) is 6.36. The number of carbonyl (C=O) groups excluding carboxylic acids is 2. The van der Waals surface area contributed by atoms with Crippen molar-refractivity contribution in [3.05, 3.63) is 48.3 Å². The van der Waals surface area contributed by atoms with E-state index in [9.17, 15) is 14.0 Å². The van der Waals surface area contributed by atoms with Crippen molar-refractivity contribution in [2.45, 2.75) is 13.0 Å². The van der Waals surface area contributed by atoms with Crippen molar-refractivity contribution >= 4 is 17.8 Å². The lowest BCUT2D eigenvalue weighted by molar-refractivity contribution is -0.148. The number of fused-ring (bicyclic) bond motifs is 1. The van der Waals surface area contributed by atoms with Gasteiger partial charge in [-0.2, -0.15) is 4.39 Å². The number of carbonyl (C=O) groups is 2. The van der Waals surface area contributed by atoms with E-state index in [1.807, 2.05) is 4.90 Å². The molecule has 9 nitrogen and oxygen atoms in total. The predicted molar refractivity (Wildman–Crippen MR) is 110 cm³/mol. The number of nitrogens with zero attached hydrogens (tertiary/aromatic N) is 6. The van der Waals surface area contributed by atoms with Gasteiger partial charge in [0, 0.05) is 75.5 Å². The molecule has 10 heteroatoms. The summed E-state index contributed by atoms with van der Waals surface area (Å²) in [5.74, 6) is -0.947. The fourth-order valence-electron chi connectivity index (χ4n) is 4.17. The molecular formula is C21H25FN6O3. The maximum atomic E-state index is 13.5. The van der Waals surface area contributed by atoms with Gasteiger partial charge >= 0.3 is 5.97 Å². The van der Waals surface area contributed by atoms with E-state index < -0.39 is 5.95 Å². The number of rotatable bonds is 4. The van der Waals surface area contributed by atoms with Crippen molar-refractivity contribution < 1.29 is 18.7 Å². The third kappa shape index (κ3) is 4.79. The van der Waals surface area contributed by atoms with Gasteiger partial charge in [0.2, 0.25) is 11.9 Å². The molecule has 2 aliphatic heterocycles. The first kappa shape index (κ1) is 21.1. The first-order valence-electron chi connectivity index (χ1n) is 10.4. The topological polar surface area (TPSA) is 91.8 Å². The third-order valence-corrected chi connectivity index (χ3v) is 5.65. The van der Waals surface area contributed by atoms with Crippen LogP contribution in [0.5, 0.6) is 0 Å². The Morgan fingerprint density at radius 2 is 1.90 bits per heavy atom. The quantitative estimate of drug-likeness (QED) is 0.523. The van der Waals surface area contributed by atoms with E-state index in [0.717, 1.165) is 6.07 Å². The summed E-state index contributed by atoms with van der Waals surface area (Å²) in [4.78, 5) is 43.6. The zero-order valence-corrected chi connectivity index (χ0v) is 17.4. The lowest BCUT2D eigenvalue weighted by Crippen LogP contribution is -2.57. The molecule has 1 amide bonds. The number of esters is 1. The number of pyridine rings is 1. The molecule has 0 aromatic carbocycles. The van der Waals surface area contributed by atoms with Gasteiger partial charge in [-0.25, -0.2) is 15.0 Å². The smallest absolute Gasteiger partial charge is 0.312 e. The van der Waals surface area contributed by atoms with Crippen molar-refractivity contribution in [2.24, 2.45) is 5.92 Å². The number of ether oxygens (including phenoxy) is 1. The van der Waals surface area contributed by atoms with Crippen LogP contribution in [0.25, 0.3) is 0 Å². The molecule has 2 fully saturated rings. The largest absolute Gasteiger partial charge is 0.466 e. The maximum absolute atomic E-state index is 13.5. The van der Waals surface area contributed by atoms with Crippen molar-refractivity contribution in [1.29, 1.82) is 0 Å². The van der Waals surface area contributed by atoms with Crippen LogP contribution in [-0.2, 0) is 9.53 Å². The summed E-state index contributed by atoms with van der Waals surface area (Å²) >= 11 is 0. The number of halogens is 1. The average Bonchev–Trinajstić information content (AvgIpc) is 2.98. The molecule has 0 bridgehead atoms. The Hall–Kier alpha value is -3.14. The van der Waals surface area contributed by atoms with Crippen LogP contribution in [0.1, 0.15) is 17.3 Å². The van der Waals surface area contributed by atoms with Gasteiger partial charge in [0.15, 0.2) is 0 Å². The zero-order valence-electron chi connectivity index (χ0n) is 17.4. The second-order valence-corrected chi connectivity index (χ2v) is 7.67. The normalized spacial score (nSPS) is 21.9. The third-order valence-electron chi connectivity index (χ3n) is 5.65. The van der Waals surface area contributed by atoms with E-state index in [4.69, 9.17) is 4.74 Å². The van der Waals surface area contributed by atoms with Gasteiger partial charge in [0.05, 0.1) is 12.5 Å². The van der Waals surface area contributed by atoms with Gasteiger partial charge in [-0.3, -0.25) is 14.5 Å². The zero-order chi connectivity index (χ0) is 21.8. The number of hydrogen-bond donors (Lipinski definition) is 0. The molecule has 2 atom stereocenters. The summed E-state index contributed by atoms with van der Waals surface area (Å²) in [5, 5.41) is 0. The van der Waals surface area contributed by atoms with Crippen LogP contribution < -0.4 is 4.90 Å². The number of piperazine rings is 1. The van der Waals surface area contributed by atoms with Gasteiger partial charge in [-0.15, -0.1) is 0 Å². The Morgan fingerprint density at radius 3 is 2.65 bits per heavy atom. The van der Waals surface area contributed by atoms with Gasteiger partial charge in [-0.05, 0) is 19.1 Å². The van der Waals surface area contributed by atoms with Crippen LogP contribution in [-0.4, -0.2) is 88.5 Å². The molecule has 2 aliphatic rings. The SMILES string of the molecule is CCOC(=O)[C@H]1CN(c2ncccn2)C[C@H]2CN(C(=O)c3ccnc(F)c3)CCN2C1. The molecule has 4 heterocycles. The predicted octanol–water partition coefficient (Wildman–Crippen LogP) is 0.837. The lowest BCUT2D eigenvalue weighted by atomic mass is 10.1. The Balaban J connectivity index is 1.55. The molecule has 0 unspecified atom stereocenters. The van der Waals surface area contributed by atoms with Crippen molar-refractivity contribution in [3.8, 4) is 0 Å². The maximum Gasteiger partial charge on any atom is 0.312 e. The van der Waals surface area contributed by atoms with Gasteiger partial charge in [-0.1, -0.05) is 0 Å². The summed E-state index contributed by atoms with van der Waals surface area (Å²) in [6.45, 7) is 5.24. The number of anilines is 1. The number of hydrogen-bond acceptors (Lipinski definition) is 8. The van der Waals surface area contributed by atoms with E-state index in [2.05, 4.69) is 19.9 Å². The summed E-state index contributed by atoms with van der Waals surface area (Å²) in [6, 6.07) is 4.40. The average molecular weight is 428 g/mol. The summed E-state index contributed by atoms with van der Waals surface area (Å²) in [6.07, 6.45) is 4.63. The van der Waals surface area contributed by atoms with Crippen LogP contribution in [0.3, 0.4) is 0 Å². The number of amides is 1. The van der Waals surface area contributed by atoms with Crippen molar-refractivity contribution in [3.63, 3.8) is 0 Å². The highest BCUT2D eigenvalue weighted by molar-refractivity contribution is 5.94. The molecular weight excluding hydrogens is 403 g/mol. The summed E-state index contributed by atoms with van der Waals surface area (Å²) in [5.41, 5.74) is 0.280. The molecule has 31 heavy (non-hydrogen) atoms. The van der Waals surface area contributed by atoms with E-state index in [-0.39, 0.29) is 29.4 Å². The first-order valence-corrected chi connectivity index (χ1v) is 10.4. The van der Waals surface area contributed by atoms with E-state index in [1.165, 1.54) is 12.3 Å². The highest BCUT2D eigenvalue weighted by Crippen LogP contribution is 2.23. The Bertz CT molecular complexity index is 930. The van der Waals surface area contributed by atoms with Crippen molar-refractivity contribution in [1.82, 2.24) is 24.8 Å². The molecule has 0 spiro atoms. The minimum absolute atomic E-state index is 0.0207. The van der Waals surface area contributed by atoms with Crippen LogP contribution in [0.4, 0.5) is 10.3 Å². The van der Waals surface area contributed by atoms with Crippen LogP contribution in [0.2, 0.25) is 0 Å². The van der Waals surface area contributed by atoms with Gasteiger partial charge < -0.3 is 14.5 Å². The molecule has 2 saturated heterocycles. The molecule has 0 radical (unpaired) electrons. The molecule has 0 saturated carbocycles. The second-order valence-electron chi connectivity index (χ2n) is 7.67. The molecule has 0 N–H and O–H groups in total. The van der Waals surface area contributed by atoms with E-state index in [1.54, 1.807) is 30.3 Å². The number of aromatic nitrogens is 3. The van der Waals surface area contributed by atoms with Crippen LogP contribution in [0, 0.1) is 11.9 Å². The van der Waals surface area contributed by atoms with Crippen LogP contribution in [0.15, 0.2) is 36.8 Å². The fourth-order valence-corrected chi connectivity index (χ4v) is 4.17. The lowest BCUT2D eigenvalue weighted by Gasteiger charge is -2.41. The van der Waals surface area contributed by atoms with Crippen LogP contribution >= 0.6 is 0 Å². The minimum Gasteiger partial charge on any atom is -0.466 e. The molecule has 2 aromatic rings. The molecule has 4 rings (SSSR count). The minimum atomic E-state index is -0.677. The molecule has 2 aromatic heterocycles. The molecule has 0 aliphatic carbocycles. The Morgan fingerprint density at radius 1 is 1.10 bits per heavy atom. The first-order chi connectivity index (χ1) is 15.0. The van der Waals surface area contributed by atoms with Crippen molar-refractivity contribution in [2.75, 3.05) is 50.8 Å². The van der Waals surface area contributed by atoms with E-state index >= 15 is 0 Å². The fraction of sp³-hybridized carbons (Fsp3) is 0.476. The standard InChI is InChI=1S/C21H25FN6O3/c1-2-31-20(30)16-11-26-8-9-27(19(29)15-4-7-23-18(22)10-15)13-17(26)14-28(12-16)21-24-5-3-6-25-21/h3-7,10,16-17H,2,8-9,11-14H2,1H3/t16-,17-/m1/s1. The highest BCUT2D eigenvalue weighted by Gasteiger charge is 2.38. The monoisotopic (exact) mass is 428 g/mol.